The minimum Gasteiger partial charge on any atom is -0.345 e. The van der Waals surface area contributed by atoms with Crippen molar-refractivity contribution in [3.05, 3.63) is 59.4 Å². The molecule has 0 aliphatic rings. The van der Waals surface area contributed by atoms with Gasteiger partial charge in [-0.25, -0.2) is 0 Å². The molecule has 1 aromatic heterocycles. The van der Waals surface area contributed by atoms with E-state index in [9.17, 15) is 10.1 Å². The summed E-state index contributed by atoms with van der Waals surface area (Å²) in [5, 5.41) is 16.4. The van der Waals surface area contributed by atoms with E-state index in [-0.39, 0.29) is 17.7 Å². The van der Waals surface area contributed by atoms with Gasteiger partial charge in [-0.3, -0.25) is 9.48 Å². The molecule has 0 saturated carbocycles. The summed E-state index contributed by atoms with van der Waals surface area (Å²) in [6.45, 7) is 5.91. The van der Waals surface area contributed by atoms with Crippen molar-refractivity contribution in [2.45, 2.75) is 32.9 Å². The molecule has 1 atom stereocenters. The fourth-order valence-electron chi connectivity index (χ4n) is 2.11. The third kappa shape index (κ3) is 4.30. The van der Waals surface area contributed by atoms with Crippen molar-refractivity contribution in [1.82, 2.24) is 15.1 Å². The fraction of sp³-hybridized carbons (Fsp3) is 0.278. The molecule has 1 heterocycles. The minimum atomic E-state index is -0.400. The van der Waals surface area contributed by atoms with Crippen molar-refractivity contribution in [3.8, 4) is 6.07 Å². The van der Waals surface area contributed by atoms with E-state index in [2.05, 4.69) is 10.4 Å². The van der Waals surface area contributed by atoms with Crippen LogP contribution in [0.1, 0.15) is 44.1 Å². The molecule has 0 saturated heterocycles. The van der Waals surface area contributed by atoms with Gasteiger partial charge in [0.2, 0.25) is 0 Å². The molecule has 0 bridgehead atoms. The number of hydrogen-bond donors (Lipinski definition) is 1. The van der Waals surface area contributed by atoms with E-state index in [0.717, 1.165) is 5.56 Å². The highest BCUT2D eigenvalue weighted by Gasteiger charge is 2.14. The molecule has 0 spiro atoms. The number of hydrogen-bond acceptors (Lipinski definition) is 3. The number of rotatable bonds is 5. The fourth-order valence-corrected chi connectivity index (χ4v) is 2.11. The quantitative estimate of drug-likeness (QED) is 0.681. The predicted octanol–water partition coefficient (Wildman–Crippen LogP) is 3.25. The molecule has 23 heavy (non-hydrogen) atoms. The van der Waals surface area contributed by atoms with Crippen LogP contribution in [0.2, 0.25) is 0 Å². The normalized spacial score (nSPS) is 12.7. The number of nitrogens with zero attached hydrogens (tertiary/aromatic N) is 3. The largest absolute Gasteiger partial charge is 0.345 e. The Balaban J connectivity index is 2.12. The van der Waals surface area contributed by atoms with E-state index in [4.69, 9.17) is 0 Å². The molecule has 1 N–H and O–H groups in total. The molecule has 1 aromatic carbocycles. The number of carbonyl (C=O) groups is 1. The van der Waals surface area contributed by atoms with Gasteiger partial charge in [-0.2, -0.15) is 10.4 Å². The number of nitriles is 1. The van der Waals surface area contributed by atoms with E-state index in [1.54, 1.807) is 10.7 Å². The Labute approximate surface area is 136 Å². The first-order chi connectivity index (χ1) is 11.0. The van der Waals surface area contributed by atoms with Crippen molar-refractivity contribution < 1.29 is 4.79 Å². The first kappa shape index (κ1) is 16.5. The second-order valence-corrected chi connectivity index (χ2v) is 5.59. The lowest BCUT2D eigenvalue weighted by Crippen LogP contribution is -2.27. The van der Waals surface area contributed by atoms with Crippen molar-refractivity contribution in [2.24, 2.45) is 0 Å². The second-order valence-electron chi connectivity index (χ2n) is 5.59. The van der Waals surface area contributed by atoms with Gasteiger partial charge in [0, 0.05) is 12.2 Å². The summed E-state index contributed by atoms with van der Waals surface area (Å²) in [5.74, 6) is -0.400. The van der Waals surface area contributed by atoms with E-state index >= 15 is 0 Å². The molecule has 1 amide bonds. The summed E-state index contributed by atoms with van der Waals surface area (Å²) >= 11 is 0. The summed E-state index contributed by atoms with van der Waals surface area (Å²) in [7, 11) is 0. The van der Waals surface area contributed by atoms with Crippen molar-refractivity contribution in [1.29, 1.82) is 5.26 Å². The van der Waals surface area contributed by atoms with Crippen molar-refractivity contribution >= 4 is 12.0 Å². The first-order valence-electron chi connectivity index (χ1n) is 7.54. The van der Waals surface area contributed by atoms with Gasteiger partial charge < -0.3 is 5.32 Å². The Kier molecular flexibility index (Phi) is 5.32. The van der Waals surface area contributed by atoms with E-state index < -0.39 is 5.91 Å². The molecule has 2 rings (SSSR count). The topological polar surface area (TPSA) is 70.7 Å². The summed E-state index contributed by atoms with van der Waals surface area (Å²) in [6, 6.07) is 13.4. The smallest absolute Gasteiger partial charge is 0.262 e. The maximum absolute atomic E-state index is 12.3. The maximum atomic E-state index is 12.3. The lowest BCUT2D eigenvalue weighted by molar-refractivity contribution is -0.117. The van der Waals surface area contributed by atoms with E-state index in [0.29, 0.717) is 5.69 Å². The van der Waals surface area contributed by atoms with E-state index in [1.807, 2.05) is 63.4 Å². The molecule has 0 aliphatic carbocycles. The highest BCUT2D eigenvalue weighted by molar-refractivity contribution is 6.01. The average molecular weight is 308 g/mol. The number of benzene rings is 1. The van der Waals surface area contributed by atoms with Gasteiger partial charge in [-0.05, 0) is 38.5 Å². The Bertz CT molecular complexity index is 738. The Morgan fingerprint density at radius 3 is 2.52 bits per heavy atom. The van der Waals surface area contributed by atoms with Crippen molar-refractivity contribution in [3.63, 3.8) is 0 Å². The third-order valence-corrected chi connectivity index (χ3v) is 3.46. The maximum Gasteiger partial charge on any atom is 0.262 e. The molecular weight excluding hydrogens is 288 g/mol. The lowest BCUT2D eigenvalue weighted by Gasteiger charge is -2.13. The molecule has 118 valence electrons. The third-order valence-electron chi connectivity index (χ3n) is 3.46. The molecule has 0 fully saturated rings. The van der Waals surface area contributed by atoms with Gasteiger partial charge in [0.15, 0.2) is 0 Å². The zero-order valence-corrected chi connectivity index (χ0v) is 13.5. The first-order valence-corrected chi connectivity index (χ1v) is 7.54. The standard InChI is InChI=1S/C18H20N4O/c1-13(2)22-10-9-17(21-22)11-16(12-19)18(23)20-14(3)15-7-5-4-6-8-15/h4-11,13-14H,1-3H3,(H,20,23)/b16-11+. The predicted molar refractivity (Wildman–Crippen MR) is 89.2 cm³/mol. The Hall–Kier alpha value is -2.87. The molecular formula is C18H20N4O. The van der Waals surface area contributed by atoms with Gasteiger partial charge in [0.25, 0.3) is 5.91 Å². The number of aromatic nitrogens is 2. The Morgan fingerprint density at radius 2 is 1.96 bits per heavy atom. The molecule has 5 heteroatoms. The van der Waals surface area contributed by atoms with E-state index in [1.165, 1.54) is 6.08 Å². The number of amides is 1. The zero-order chi connectivity index (χ0) is 16.8. The average Bonchev–Trinajstić information content (AvgIpc) is 3.02. The highest BCUT2D eigenvalue weighted by atomic mass is 16.1. The number of nitrogens with one attached hydrogen (secondary N) is 1. The summed E-state index contributed by atoms with van der Waals surface area (Å²) in [6.07, 6.45) is 3.34. The Morgan fingerprint density at radius 1 is 1.26 bits per heavy atom. The summed E-state index contributed by atoms with van der Waals surface area (Å²) in [4.78, 5) is 12.3. The zero-order valence-electron chi connectivity index (χ0n) is 13.5. The van der Waals surface area contributed by atoms with Gasteiger partial charge in [-0.15, -0.1) is 0 Å². The summed E-state index contributed by atoms with van der Waals surface area (Å²) < 4.78 is 1.78. The van der Waals surface area contributed by atoms with Crippen LogP contribution in [-0.2, 0) is 4.79 Å². The van der Waals surface area contributed by atoms with Crippen molar-refractivity contribution in [2.75, 3.05) is 0 Å². The van der Waals surface area contributed by atoms with Crippen LogP contribution < -0.4 is 5.32 Å². The van der Waals surface area contributed by atoms with Crippen LogP contribution in [0.25, 0.3) is 6.08 Å². The van der Waals surface area contributed by atoms with Crippen LogP contribution in [0.15, 0.2) is 48.2 Å². The van der Waals surface area contributed by atoms with Crippen LogP contribution in [0.3, 0.4) is 0 Å². The van der Waals surface area contributed by atoms with Gasteiger partial charge in [-0.1, -0.05) is 30.3 Å². The summed E-state index contributed by atoms with van der Waals surface area (Å²) in [5.41, 5.74) is 1.63. The van der Waals surface area contributed by atoms with Crippen LogP contribution in [0, 0.1) is 11.3 Å². The molecule has 0 aliphatic heterocycles. The van der Waals surface area contributed by atoms with Crippen LogP contribution in [0.5, 0.6) is 0 Å². The van der Waals surface area contributed by atoms with Crippen LogP contribution >= 0.6 is 0 Å². The van der Waals surface area contributed by atoms with Gasteiger partial charge in [0.1, 0.15) is 11.6 Å². The SMILES string of the molecule is CC(NC(=O)/C(C#N)=C/c1ccn(C(C)C)n1)c1ccccc1. The molecule has 1 unspecified atom stereocenters. The molecule has 5 nitrogen and oxygen atoms in total. The second kappa shape index (κ2) is 7.41. The number of carbonyl (C=O) groups excluding carboxylic acids is 1. The van der Waals surface area contributed by atoms with Crippen LogP contribution in [-0.4, -0.2) is 15.7 Å². The lowest BCUT2D eigenvalue weighted by atomic mass is 10.1. The van der Waals surface area contributed by atoms with Crippen LogP contribution in [0.4, 0.5) is 0 Å². The monoisotopic (exact) mass is 308 g/mol. The minimum absolute atomic E-state index is 0.0433. The molecule has 2 aromatic rings. The highest BCUT2D eigenvalue weighted by Crippen LogP contribution is 2.13. The molecule has 0 radical (unpaired) electrons. The van der Waals surface area contributed by atoms with Gasteiger partial charge >= 0.3 is 0 Å². The van der Waals surface area contributed by atoms with Gasteiger partial charge in [0.05, 0.1) is 11.7 Å².